The van der Waals surface area contributed by atoms with Crippen LogP contribution < -0.4 is 16.2 Å². The van der Waals surface area contributed by atoms with E-state index in [0.717, 1.165) is 32.4 Å². The molecule has 6 nitrogen and oxygen atoms in total. The van der Waals surface area contributed by atoms with E-state index < -0.39 is 0 Å². The van der Waals surface area contributed by atoms with Gasteiger partial charge in [-0.05, 0) is 39.3 Å². The zero-order valence-corrected chi connectivity index (χ0v) is 11.9. The molecule has 2 rings (SSSR count). The Morgan fingerprint density at radius 1 is 1.45 bits per heavy atom. The number of aryl methyl sites for hydroxylation is 1. The third kappa shape index (κ3) is 4.45. The molecule has 0 saturated carbocycles. The van der Waals surface area contributed by atoms with Crippen LogP contribution in [-0.4, -0.2) is 35.5 Å². The number of rotatable bonds is 4. The van der Waals surface area contributed by atoms with E-state index in [-0.39, 0.29) is 17.4 Å². The van der Waals surface area contributed by atoms with Crippen molar-refractivity contribution in [3.05, 3.63) is 27.9 Å². The smallest absolute Gasteiger partial charge is 0.251 e. The summed E-state index contributed by atoms with van der Waals surface area (Å²) in [5.74, 6) is 0.844. The lowest BCUT2D eigenvalue weighted by Crippen LogP contribution is -2.33. The van der Waals surface area contributed by atoms with Gasteiger partial charge in [0, 0.05) is 30.6 Å². The molecule has 0 aromatic carbocycles. The average molecular weight is 278 g/mol. The molecule has 20 heavy (non-hydrogen) atoms. The summed E-state index contributed by atoms with van der Waals surface area (Å²) in [5, 5.41) is 6.24. The molecule has 0 aliphatic carbocycles. The first-order valence-electron chi connectivity index (χ1n) is 7.20. The number of carbonyl (C=O) groups is 1. The van der Waals surface area contributed by atoms with Crippen molar-refractivity contribution in [1.82, 2.24) is 20.6 Å². The molecule has 1 fully saturated rings. The molecule has 2 heterocycles. The van der Waals surface area contributed by atoms with Crippen LogP contribution in [0.5, 0.6) is 0 Å². The number of carbonyl (C=O) groups excluding carboxylic acids is 1. The Balaban J connectivity index is 1.79. The Labute approximate surface area is 118 Å². The van der Waals surface area contributed by atoms with Crippen LogP contribution in [0.2, 0.25) is 0 Å². The van der Waals surface area contributed by atoms with Crippen molar-refractivity contribution in [3.63, 3.8) is 0 Å². The van der Waals surface area contributed by atoms with Gasteiger partial charge in [0.1, 0.15) is 5.82 Å². The predicted molar refractivity (Wildman–Crippen MR) is 76.5 cm³/mol. The van der Waals surface area contributed by atoms with Crippen LogP contribution in [0.3, 0.4) is 0 Å². The van der Waals surface area contributed by atoms with Crippen molar-refractivity contribution in [1.29, 1.82) is 0 Å². The molecule has 6 heteroatoms. The van der Waals surface area contributed by atoms with E-state index >= 15 is 0 Å². The van der Waals surface area contributed by atoms with Gasteiger partial charge < -0.3 is 15.6 Å². The van der Waals surface area contributed by atoms with Crippen molar-refractivity contribution in [2.75, 3.05) is 19.6 Å². The van der Waals surface area contributed by atoms with Gasteiger partial charge in [0.15, 0.2) is 0 Å². The fraction of sp³-hybridized carbons (Fsp3) is 0.643. The van der Waals surface area contributed by atoms with E-state index in [1.807, 2.05) is 0 Å². The van der Waals surface area contributed by atoms with Crippen LogP contribution in [0.15, 0.2) is 10.9 Å². The topological polar surface area (TPSA) is 86.9 Å². The van der Waals surface area contributed by atoms with Crippen LogP contribution in [0.4, 0.5) is 0 Å². The number of nitrogens with zero attached hydrogens (tertiary/aromatic N) is 1. The predicted octanol–water partition coefficient (Wildman–Crippen LogP) is 0.127. The van der Waals surface area contributed by atoms with Gasteiger partial charge in [-0.15, -0.1) is 0 Å². The van der Waals surface area contributed by atoms with Gasteiger partial charge in [0.25, 0.3) is 5.56 Å². The van der Waals surface area contributed by atoms with E-state index in [9.17, 15) is 9.59 Å². The maximum absolute atomic E-state index is 12.0. The molecule has 0 bridgehead atoms. The highest BCUT2D eigenvalue weighted by molar-refractivity contribution is 5.78. The minimum absolute atomic E-state index is 0.106. The maximum atomic E-state index is 12.0. The van der Waals surface area contributed by atoms with Crippen LogP contribution in [0.1, 0.15) is 30.8 Å². The molecule has 1 amide bonds. The SMILES string of the molecule is Cc1cc(=O)[nH]c(CCNC(=O)[C@H]2CCCNCC2)n1. The summed E-state index contributed by atoms with van der Waals surface area (Å²) >= 11 is 0. The molecule has 3 N–H and O–H groups in total. The number of hydrogen-bond donors (Lipinski definition) is 3. The quantitative estimate of drug-likeness (QED) is 0.730. The maximum Gasteiger partial charge on any atom is 0.251 e. The fourth-order valence-electron chi connectivity index (χ4n) is 2.49. The number of H-pyrrole nitrogens is 1. The summed E-state index contributed by atoms with van der Waals surface area (Å²) in [7, 11) is 0. The fourth-order valence-corrected chi connectivity index (χ4v) is 2.49. The first-order valence-corrected chi connectivity index (χ1v) is 7.20. The van der Waals surface area contributed by atoms with Crippen LogP contribution in [0.25, 0.3) is 0 Å². The van der Waals surface area contributed by atoms with Gasteiger partial charge in [-0.1, -0.05) is 0 Å². The standard InChI is InChI=1S/C14H22N4O2/c1-10-9-13(19)18-12(17-10)5-8-16-14(20)11-3-2-6-15-7-4-11/h9,11,15H,2-8H2,1H3,(H,16,20)(H,17,18,19)/t11-/m0/s1. The Morgan fingerprint density at radius 3 is 3.10 bits per heavy atom. The molecule has 110 valence electrons. The van der Waals surface area contributed by atoms with Crippen LogP contribution in [0, 0.1) is 12.8 Å². The van der Waals surface area contributed by atoms with Gasteiger partial charge in [-0.2, -0.15) is 0 Å². The number of aromatic amines is 1. The lowest BCUT2D eigenvalue weighted by atomic mass is 10.00. The van der Waals surface area contributed by atoms with E-state index in [2.05, 4.69) is 20.6 Å². The van der Waals surface area contributed by atoms with E-state index in [4.69, 9.17) is 0 Å². The Morgan fingerprint density at radius 2 is 2.30 bits per heavy atom. The minimum atomic E-state index is -0.145. The lowest BCUT2D eigenvalue weighted by molar-refractivity contribution is -0.125. The summed E-state index contributed by atoms with van der Waals surface area (Å²) in [5.41, 5.74) is 0.554. The Bertz CT molecular complexity index is 504. The molecule has 0 radical (unpaired) electrons. The van der Waals surface area contributed by atoms with Crippen molar-refractivity contribution < 1.29 is 4.79 Å². The Hall–Kier alpha value is -1.69. The zero-order valence-electron chi connectivity index (χ0n) is 11.9. The summed E-state index contributed by atoms with van der Waals surface area (Å²) in [6.45, 7) is 4.20. The highest BCUT2D eigenvalue weighted by atomic mass is 16.2. The van der Waals surface area contributed by atoms with Gasteiger partial charge >= 0.3 is 0 Å². The zero-order chi connectivity index (χ0) is 14.4. The summed E-state index contributed by atoms with van der Waals surface area (Å²) < 4.78 is 0. The number of amides is 1. The molecular weight excluding hydrogens is 256 g/mol. The third-order valence-corrected chi connectivity index (χ3v) is 3.53. The van der Waals surface area contributed by atoms with Crippen molar-refractivity contribution in [3.8, 4) is 0 Å². The number of nitrogens with one attached hydrogen (secondary N) is 3. The van der Waals surface area contributed by atoms with Crippen LogP contribution in [-0.2, 0) is 11.2 Å². The van der Waals surface area contributed by atoms with E-state index in [1.165, 1.54) is 6.07 Å². The minimum Gasteiger partial charge on any atom is -0.355 e. The molecule has 1 atom stereocenters. The molecule has 0 spiro atoms. The second kappa shape index (κ2) is 7.19. The van der Waals surface area contributed by atoms with Crippen molar-refractivity contribution in [2.45, 2.75) is 32.6 Å². The second-order valence-corrected chi connectivity index (χ2v) is 5.25. The highest BCUT2D eigenvalue weighted by Crippen LogP contribution is 2.13. The van der Waals surface area contributed by atoms with Gasteiger partial charge in [0.2, 0.25) is 5.91 Å². The molecule has 1 aromatic rings. The molecular formula is C14H22N4O2. The lowest BCUT2D eigenvalue weighted by Gasteiger charge is -2.13. The molecule has 1 aliphatic heterocycles. The molecule has 1 saturated heterocycles. The summed E-state index contributed by atoms with van der Waals surface area (Å²) in [6, 6.07) is 1.46. The van der Waals surface area contributed by atoms with Crippen molar-refractivity contribution in [2.24, 2.45) is 5.92 Å². The van der Waals surface area contributed by atoms with Gasteiger partial charge in [-0.25, -0.2) is 4.98 Å². The van der Waals surface area contributed by atoms with E-state index in [0.29, 0.717) is 24.5 Å². The average Bonchev–Trinajstić information content (AvgIpc) is 2.66. The monoisotopic (exact) mass is 278 g/mol. The van der Waals surface area contributed by atoms with Gasteiger partial charge in [0.05, 0.1) is 0 Å². The Kier molecular flexibility index (Phi) is 5.29. The number of aromatic nitrogens is 2. The number of hydrogen-bond acceptors (Lipinski definition) is 4. The van der Waals surface area contributed by atoms with E-state index in [1.54, 1.807) is 6.92 Å². The first-order chi connectivity index (χ1) is 9.65. The largest absolute Gasteiger partial charge is 0.355 e. The molecule has 1 aliphatic rings. The van der Waals surface area contributed by atoms with Crippen LogP contribution >= 0.6 is 0 Å². The third-order valence-electron chi connectivity index (χ3n) is 3.53. The van der Waals surface area contributed by atoms with Gasteiger partial charge in [-0.3, -0.25) is 9.59 Å². The summed E-state index contributed by atoms with van der Waals surface area (Å²) in [4.78, 5) is 30.3. The van der Waals surface area contributed by atoms with Crippen molar-refractivity contribution >= 4 is 5.91 Å². The molecule has 0 unspecified atom stereocenters. The first kappa shape index (κ1) is 14.7. The second-order valence-electron chi connectivity index (χ2n) is 5.25. The summed E-state index contributed by atoms with van der Waals surface area (Å²) in [6.07, 6.45) is 3.43. The normalized spacial score (nSPS) is 19.4. The highest BCUT2D eigenvalue weighted by Gasteiger charge is 2.19. The molecule has 1 aromatic heterocycles.